The van der Waals surface area contributed by atoms with Crippen molar-refractivity contribution in [3.63, 3.8) is 0 Å². The molecule has 1 aromatic carbocycles. The third-order valence-electron chi connectivity index (χ3n) is 5.77. The van der Waals surface area contributed by atoms with E-state index in [-0.39, 0.29) is 36.5 Å². The summed E-state index contributed by atoms with van der Waals surface area (Å²) in [6.07, 6.45) is -2.10. The largest absolute Gasteiger partial charge is 0.416 e. The second-order valence-electron chi connectivity index (χ2n) is 8.38. The van der Waals surface area contributed by atoms with Crippen LogP contribution in [0.25, 0.3) is 0 Å². The molecule has 1 aliphatic carbocycles. The summed E-state index contributed by atoms with van der Waals surface area (Å²) in [6, 6.07) is 5.67. The van der Waals surface area contributed by atoms with Gasteiger partial charge in [0, 0.05) is 25.5 Å². The van der Waals surface area contributed by atoms with Crippen LogP contribution in [0.3, 0.4) is 0 Å². The number of aliphatic hydroxyl groups excluding tert-OH is 1. The first-order valence-electron chi connectivity index (χ1n) is 11.1. The molecule has 1 fully saturated rings. The molecule has 0 amide bonds. The maximum atomic E-state index is 13.1. The van der Waals surface area contributed by atoms with Crippen LogP contribution in [-0.4, -0.2) is 64.4 Å². The molecule has 1 aliphatic rings. The van der Waals surface area contributed by atoms with Gasteiger partial charge in [0.2, 0.25) is 5.78 Å². The molecular formula is C22H23F3N6O5S. The summed E-state index contributed by atoms with van der Waals surface area (Å²) in [5.41, 5.74) is -0.0214. The van der Waals surface area contributed by atoms with Crippen LogP contribution in [0.4, 0.5) is 19.0 Å². The fourth-order valence-electron chi connectivity index (χ4n) is 3.91. The Balaban J connectivity index is 1.44. The van der Waals surface area contributed by atoms with Crippen LogP contribution in [0, 0.1) is 0 Å². The summed E-state index contributed by atoms with van der Waals surface area (Å²) in [4.78, 5) is 21.1. The Hall–Kier alpha value is -3.40. The summed E-state index contributed by atoms with van der Waals surface area (Å²) < 4.78 is 70.0. The molecule has 3 aromatic rings. The van der Waals surface area contributed by atoms with Crippen molar-refractivity contribution in [2.75, 3.05) is 12.4 Å². The summed E-state index contributed by atoms with van der Waals surface area (Å²) in [5, 5.41) is 17.5. The van der Waals surface area contributed by atoms with E-state index in [0.29, 0.717) is 5.56 Å². The normalized spacial score (nSPS) is 20.2. The first kappa shape index (κ1) is 26.7. The number of nitrogens with one attached hydrogen (secondary N) is 2. The molecule has 1 saturated carbocycles. The van der Waals surface area contributed by atoms with Crippen LogP contribution in [0.5, 0.6) is 0 Å². The third kappa shape index (κ3) is 6.49. The average Bonchev–Trinajstić information content (AvgIpc) is 3.44. The van der Waals surface area contributed by atoms with Crippen LogP contribution in [0.15, 0.2) is 49.1 Å². The highest BCUT2D eigenvalue weighted by atomic mass is 32.2. The van der Waals surface area contributed by atoms with Gasteiger partial charge in [0.1, 0.15) is 23.9 Å². The number of nitrogens with zero attached hydrogens (tertiary/aromatic N) is 4. The fraction of sp³-hybridized carbons (Fsp3) is 0.364. The maximum Gasteiger partial charge on any atom is 0.416 e. The number of carbonyl (C=O) groups is 1. The van der Waals surface area contributed by atoms with Gasteiger partial charge < -0.3 is 10.4 Å². The lowest BCUT2D eigenvalue weighted by atomic mass is 10.1. The van der Waals surface area contributed by atoms with Gasteiger partial charge in [0.05, 0.1) is 23.8 Å². The van der Waals surface area contributed by atoms with Gasteiger partial charge in [-0.2, -0.15) is 31.4 Å². The van der Waals surface area contributed by atoms with Crippen molar-refractivity contribution in [1.29, 1.82) is 0 Å². The molecule has 0 aliphatic heterocycles. The van der Waals surface area contributed by atoms with E-state index < -0.39 is 46.1 Å². The van der Waals surface area contributed by atoms with Crippen molar-refractivity contribution in [2.24, 2.45) is 0 Å². The Morgan fingerprint density at radius 2 is 1.95 bits per heavy atom. The second-order valence-corrected chi connectivity index (χ2v) is 9.89. The first-order chi connectivity index (χ1) is 17.4. The van der Waals surface area contributed by atoms with Gasteiger partial charge >= 0.3 is 16.5 Å². The average molecular weight is 541 g/mol. The molecule has 37 heavy (non-hydrogen) atoms. The van der Waals surface area contributed by atoms with Gasteiger partial charge in [-0.3, -0.25) is 13.7 Å². The van der Waals surface area contributed by atoms with E-state index >= 15 is 0 Å². The highest BCUT2D eigenvalue weighted by Gasteiger charge is 2.37. The molecule has 0 bridgehead atoms. The van der Waals surface area contributed by atoms with Crippen molar-refractivity contribution < 1.29 is 35.7 Å². The topological polar surface area (TPSA) is 148 Å². The second kappa shape index (κ2) is 10.5. The number of hydrogen-bond donors (Lipinski definition) is 3. The lowest BCUT2D eigenvalue weighted by Gasteiger charge is -2.15. The number of ketones is 1. The zero-order valence-corrected chi connectivity index (χ0v) is 20.2. The Bertz CT molecular complexity index is 1360. The molecule has 11 nitrogen and oxygen atoms in total. The summed E-state index contributed by atoms with van der Waals surface area (Å²) in [5.74, 6) is -0.329. The number of rotatable bonds is 9. The number of benzene rings is 1. The minimum Gasteiger partial charge on any atom is -0.390 e. The van der Waals surface area contributed by atoms with Crippen LogP contribution >= 0.6 is 0 Å². The standard InChI is InChI=1S/C22H23F3N6O5S/c1-26-37(34,35)36-19-9-15(8-18(19)32)29-21-16(10-27-12-28-21)20(33)17-6-7-31(30-17)11-13-2-4-14(5-3-13)22(23,24)25/h2-7,10,12,15,18-19,26,32H,8-9,11H2,1H3,(H,27,28,29)/t15-,18+,19-/m1/s1. The SMILES string of the molecule is CNS(=O)(=O)O[C@@H]1C[C@H](Nc2ncncc2C(=O)c2ccn(Cc3ccc(C(F)(F)F)cc3)n2)C[C@@H]1O. The monoisotopic (exact) mass is 540 g/mol. The van der Waals surface area contributed by atoms with Gasteiger partial charge in [-0.05, 0) is 36.6 Å². The molecule has 15 heteroatoms. The molecule has 0 radical (unpaired) electrons. The van der Waals surface area contributed by atoms with E-state index in [0.717, 1.165) is 12.1 Å². The zero-order valence-electron chi connectivity index (χ0n) is 19.4. The van der Waals surface area contributed by atoms with E-state index in [2.05, 4.69) is 20.4 Å². The van der Waals surface area contributed by atoms with Crippen LogP contribution in [0.1, 0.15) is 40.0 Å². The smallest absolute Gasteiger partial charge is 0.390 e. The van der Waals surface area contributed by atoms with E-state index in [9.17, 15) is 31.5 Å². The number of anilines is 1. The summed E-state index contributed by atoms with van der Waals surface area (Å²) in [7, 11) is -2.81. The van der Waals surface area contributed by atoms with Gasteiger partial charge in [-0.25, -0.2) is 9.97 Å². The highest BCUT2D eigenvalue weighted by Crippen LogP contribution is 2.30. The molecule has 0 spiro atoms. The predicted octanol–water partition coefficient (Wildman–Crippen LogP) is 1.76. The van der Waals surface area contributed by atoms with Crippen molar-refractivity contribution in [3.8, 4) is 0 Å². The van der Waals surface area contributed by atoms with Gasteiger partial charge in [-0.15, -0.1) is 0 Å². The Kier molecular flexibility index (Phi) is 7.59. The molecule has 2 heterocycles. The van der Waals surface area contributed by atoms with Crippen LogP contribution in [0.2, 0.25) is 0 Å². The number of halogens is 3. The van der Waals surface area contributed by atoms with Crippen molar-refractivity contribution in [2.45, 2.75) is 43.8 Å². The molecular weight excluding hydrogens is 517 g/mol. The number of aliphatic hydroxyl groups is 1. The molecule has 0 unspecified atom stereocenters. The van der Waals surface area contributed by atoms with Crippen molar-refractivity contribution >= 4 is 21.9 Å². The lowest BCUT2D eigenvalue weighted by Crippen LogP contribution is -2.31. The predicted molar refractivity (Wildman–Crippen MR) is 124 cm³/mol. The first-order valence-corrected chi connectivity index (χ1v) is 12.5. The lowest BCUT2D eigenvalue weighted by molar-refractivity contribution is -0.137. The molecule has 3 N–H and O–H groups in total. The van der Waals surface area contributed by atoms with Crippen LogP contribution < -0.4 is 10.0 Å². The minimum absolute atomic E-state index is 0.0672. The Morgan fingerprint density at radius 3 is 2.62 bits per heavy atom. The zero-order chi connectivity index (χ0) is 26.8. The van der Waals surface area contributed by atoms with Gasteiger partial charge in [0.15, 0.2) is 0 Å². The maximum absolute atomic E-state index is 13.1. The Labute approximate surface area is 210 Å². The molecule has 0 saturated heterocycles. The highest BCUT2D eigenvalue weighted by molar-refractivity contribution is 7.84. The molecule has 3 atom stereocenters. The fourth-order valence-corrected chi connectivity index (χ4v) is 4.54. The molecule has 4 rings (SSSR count). The quantitative estimate of drug-likeness (QED) is 0.345. The van der Waals surface area contributed by atoms with Crippen molar-refractivity contribution in [3.05, 3.63) is 71.4 Å². The van der Waals surface area contributed by atoms with E-state index in [4.69, 9.17) is 4.18 Å². The third-order valence-corrected chi connectivity index (χ3v) is 6.77. The van der Waals surface area contributed by atoms with E-state index in [1.807, 2.05) is 4.72 Å². The number of alkyl halides is 3. The van der Waals surface area contributed by atoms with E-state index in [1.54, 1.807) is 0 Å². The number of hydrogen-bond acceptors (Lipinski definition) is 9. The van der Waals surface area contributed by atoms with Gasteiger partial charge in [0.25, 0.3) is 0 Å². The minimum atomic E-state index is -4.43. The summed E-state index contributed by atoms with van der Waals surface area (Å²) in [6.45, 7) is 0.151. The molecule has 198 valence electrons. The van der Waals surface area contributed by atoms with Crippen molar-refractivity contribution in [1.82, 2.24) is 24.5 Å². The number of carbonyl (C=O) groups excluding carboxylic acids is 1. The van der Waals surface area contributed by atoms with Crippen LogP contribution in [-0.2, 0) is 27.2 Å². The summed E-state index contributed by atoms with van der Waals surface area (Å²) >= 11 is 0. The van der Waals surface area contributed by atoms with E-state index in [1.165, 1.54) is 48.6 Å². The van der Waals surface area contributed by atoms with Gasteiger partial charge in [-0.1, -0.05) is 12.1 Å². The number of aromatic nitrogens is 4. The molecule has 2 aromatic heterocycles. The Morgan fingerprint density at radius 1 is 1.22 bits per heavy atom.